The van der Waals surface area contributed by atoms with Crippen LogP contribution in [0.1, 0.15) is 0 Å². The first-order valence-electron chi connectivity index (χ1n) is 9.82. The SMILES string of the molecule is N=C=O.N=C=O.N=C=O.N=C=O.O.O.c1ccccc1.c1ccccc1.c1ccccc1.c1ccccc1. The van der Waals surface area contributed by atoms with Crippen molar-refractivity contribution in [2.75, 3.05) is 0 Å². The Morgan fingerprint density at radius 2 is 0.263 bits per heavy atom. The van der Waals surface area contributed by atoms with Gasteiger partial charge >= 0.3 is 0 Å². The van der Waals surface area contributed by atoms with Crippen LogP contribution in [0.5, 0.6) is 0 Å². The number of hydrogen-bond donors (Lipinski definition) is 4. The van der Waals surface area contributed by atoms with Gasteiger partial charge in [0.15, 0.2) is 0 Å². The Labute approximate surface area is 221 Å². The number of benzene rings is 4. The third kappa shape index (κ3) is 77.7. The van der Waals surface area contributed by atoms with Crippen LogP contribution in [0.15, 0.2) is 146 Å². The van der Waals surface area contributed by atoms with E-state index < -0.39 is 0 Å². The summed E-state index contributed by atoms with van der Waals surface area (Å²) in [5, 5.41) is 21.6. The maximum atomic E-state index is 8.35. The number of carbonyl (C=O) groups excluding carboxylic acids is 4. The Balaban J connectivity index is -0.0000000783. The van der Waals surface area contributed by atoms with Gasteiger partial charge in [-0.1, -0.05) is 146 Å². The molecule has 0 saturated heterocycles. The van der Waals surface area contributed by atoms with Crippen molar-refractivity contribution >= 4 is 24.3 Å². The maximum Gasteiger partial charge on any atom is 0.231 e. The van der Waals surface area contributed by atoms with Crippen molar-refractivity contribution in [1.82, 2.24) is 0 Å². The zero-order chi connectivity index (χ0) is 27.8. The van der Waals surface area contributed by atoms with Crippen molar-refractivity contribution in [3.8, 4) is 0 Å². The van der Waals surface area contributed by atoms with Crippen LogP contribution in [0.2, 0.25) is 0 Å². The van der Waals surface area contributed by atoms with Crippen molar-refractivity contribution in [1.29, 1.82) is 21.6 Å². The predicted octanol–water partition coefficient (Wildman–Crippen LogP) is 4.70. The van der Waals surface area contributed by atoms with Gasteiger partial charge < -0.3 is 11.0 Å². The molecular formula is C28H32N4O6. The third-order valence-corrected chi connectivity index (χ3v) is 2.67. The van der Waals surface area contributed by atoms with Crippen molar-refractivity contribution < 1.29 is 30.1 Å². The average Bonchev–Trinajstić information content (AvgIpc) is 2.95. The molecule has 0 spiro atoms. The molecule has 38 heavy (non-hydrogen) atoms. The standard InChI is InChI=1S/4C6H6.4CHNO.2H2O/c4*1-2-4-6-5-3-1;4*2-1-3;;/h4*1-6H;4*2H;2*1H2. The molecule has 0 saturated carbocycles. The molecule has 4 aromatic rings. The minimum absolute atomic E-state index is 0. The van der Waals surface area contributed by atoms with Crippen molar-refractivity contribution in [2.45, 2.75) is 0 Å². The van der Waals surface area contributed by atoms with Gasteiger partial charge in [-0.05, 0) is 0 Å². The highest BCUT2D eigenvalue weighted by atomic mass is 16.1. The lowest BCUT2D eigenvalue weighted by Gasteiger charge is -1.69. The van der Waals surface area contributed by atoms with Crippen LogP contribution in [-0.4, -0.2) is 35.3 Å². The van der Waals surface area contributed by atoms with Gasteiger partial charge in [0.2, 0.25) is 24.3 Å². The van der Waals surface area contributed by atoms with E-state index in [1.807, 2.05) is 146 Å². The zero-order valence-electron chi connectivity index (χ0n) is 20.5. The number of isocyanates is 4. The van der Waals surface area contributed by atoms with E-state index in [1.165, 1.54) is 0 Å². The first kappa shape index (κ1) is 45.8. The van der Waals surface area contributed by atoms with Crippen molar-refractivity contribution in [3.05, 3.63) is 146 Å². The summed E-state index contributed by atoms with van der Waals surface area (Å²) in [5.41, 5.74) is 0. The second-order valence-electron chi connectivity index (χ2n) is 5.03. The number of rotatable bonds is 0. The lowest BCUT2D eigenvalue weighted by atomic mass is 10.4. The second-order valence-corrected chi connectivity index (χ2v) is 5.03. The summed E-state index contributed by atoms with van der Waals surface area (Å²) in [6, 6.07) is 48.0. The number of hydrogen-bond acceptors (Lipinski definition) is 8. The quantitative estimate of drug-likeness (QED) is 0.191. The van der Waals surface area contributed by atoms with Crippen LogP contribution in [-0.2, 0) is 19.2 Å². The van der Waals surface area contributed by atoms with Crippen LogP contribution >= 0.6 is 0 Å². The van der Waals surface area contributed by atoms with Gasteiger partial charge in [-0.15, -0.1) is 0 Å². The van der Waals surface area contributed by atoms with Gasteiger partial charge in [-0.2, -0.15) is 0 Å². The molecule has 0 aliphatic carbocycles. The summed E-state index contributed by atoms with van der Waals surface area (Å²) < 4.78 is 0. The van der Waals surface area contributed by atoms with E-state index >= 15 is 0 Å². The predicted molar refractivity (Wildman–Crippen MR) is 147 cm³/mol. The monoisotopic (exact) mass is 520 g/mol. The van der Waals surface area contributed by atoms with E-state index in [1.54, 1.807) is 0 Å². The molecule has 0 amide bonds. The smallest absolute Gasteiger partial charge is 0.231 e. The van der Waals surface area contributed by atoms with Gasteiger partial charge in [0.1, 0.15) is 0 Å². The van der Waals surface area contributed by atoms with Crippen LogP contribution < -0.4 is 0 Å². The summed E-state index contributed by atoms with van der Waals surface area (Å²) in [6.07, 6.45) is 3.00. The Morgan fingerprint density at radius 1 is 0.237 bits per heavy atom. The minimum Gasteiger partial charge on any atom is -0.412 e. The molecule has 0 heterocycles. The van der Waals surface area contributed by atoms with E-state index in [2.05, 4.69) is 0 Å². The fraction of sp³-hybridized carbons (Fsp3) is 0. The molecule has 10 nitrogen and oxygen atoms in total. The molecule has 0 aromatic heterocycles. The topological polar surface area (TPSA) is 227 Å². The van der Waals surface area contributed by atoms with Crippen LogP contribution in [0.3, 0.4) is 0 Å². The summed E-state index contributed by atoms with van der Waals surface area (Å²) >= 11 is 0. The summed E-state index contributed by atoms with van der Waals surface area (Å²) in [7, 11) is 0. The molecule has 0 bridgehead atoms. The molecule has 0 aliphatic rings. The molecule has 10 heteroatoms. The lowest BCUT2D eigenvalue weighted by Crippen LogP contribution is -1.47. The molecular weight excluding hydrogens is 488 g/mol. The lowest BCUT2D eigenvalue weighted by molar-refractivity contribution is 0.562. The highest BCUT2D eigenvalue weighted by molar-refractivity contribution is 5.27. The van der Waals surface area contributed by atoms with Crippen molar-refractivity contribution in [3.63, 3.8) is 0 Å². The molecule has 200 valence electrons. The molecule has 0 radical (unpaired) electrons. The molecule has 8 N–H and O–H groups in total. The normalized spacial score (nSPS) is 5.89. The first-order chi connectivity index (χ1) is 17.7. The fourth-order valence-electron chi connectivity index (χ4n) is 1.54. The molecule has 0 fully saturated rings. The molecule has 4 rings (SSSR count). The Bertz CT molecular complexity index is 735. The van der Waals surface area contributed by atoms with Crippen molar-refractivity contribution in [2.24, 2.45) is 0 Å². The summed E-state index contributed by atoms with van der Waals surface area (Å²) in [4.78, 5) is 33.4. The zero-order valence-corrected chi connectivity index (χ0v) is 20.5. The van der Waals surface area contributed by atoms with Gasteiger partial charge in [0.25, 0.3) is 0 Å². The van der Waals surface area contributed by atoms with Gasteiger partial charge in [-0.25, -0.2) is 40.8 Å². The summed E-state index contributed by atoms with van der Waals surface area (Å²) in [5.74, 6) is 0. The molecule has 0 unspecified atom stereocenters. The minimum atomic E-state index is 0. The van der Waals surface area contributed by atoms with E-state index in [0.717, 1.165) is 24.3 Å². The van der Waals surface area contributed by atoms with Crippen LogP contribution in [0.25, 0.3) is 0 Å². The largest absolute Gasteiger partial charge is 0.412 e. The highest BCUT2D eigenvalue weighted by Crippen LogP contribution is 1.81. The molecule has 0 aliphatic heterocycles. The van der Waals surface area contributed by atoms with E-state index in [-0.39, 0.29) is 11.0 Å². The summed E-state index contributed by atoms with van der Waals surface area (Å²) in [6.45, 7) is 0. The van der Waals surface area contributed by atoms with E-state index in [4.69, 9.17) is 40.8 Å². The van der Waals surface area contributed by atoms with Crippen LogP contribution in [0.4, 0.5) is 0 Å². The van der Waals surface area contributed by atoms with E-state index in [9.17, 15) is 0 Å². The molecule has 4 aromatic carbocycles. The van der Waals surface area contributed by atoms with Gasteiger partial charge in [0, 0.05) is 0 Å². The Hall–Kier alpha value is -5.68. The second kappa shape index (κ2) is 57.8. The van der Waals surface area contributed by atoms with Gasteiger partial charge in [-0.3, -0.25) is 0 Å². The third-order valence-electron chi connectivity index (χ3n) is 2.67. The van der Waals surface area contributed by atoms with Crippen LogP contribution in [0, 0.1) is 21.6 Å². The number of nitrogens with one attached hydrogen (secondary N) is 4. The highest BCUT2D eigenvalue weighted by Gasteiger charge is 1.59. The maximum absolute atomic E-state index is 8.35. The Kier molecular flexibility index (Phi) is 69.6. The molecule has 0 atom stereocenters. The average molecular weight is 521 g/mol. The Morgan fingerprint density at radius 3 is 0.289 bits per heavy atom. The van der Waals surface area contributed by atoms with E-state index in [0.29, 0.717) is 0 Å². The first-order valence-corrected chi connectivity index (χ1v) is 9.82. The van der Waals surface area contributed by atoms with Gasteiger partial charge in [0.05, 0.1) is 0 Å². The fourth-order valence-corrected chi connectivity index (χ4v) is 1.54.